The summed E-state index contributed by atoms with van der Waals surface area (Å²) in [6.07, 6.45) is -6.07. The topological polar surface area (TPSA) is 180 Å². The Kier molecular flexibility index (Phi) is 4.19. The molecule has 0 radical (unpaired) electrons. The van der Waals surface area contributed by atoms with Gasteiger partial charge in [0.25, 0.3) is 0 Å². The van der Waals surface area contributed by atoms with Crippen molar-refractivity contribution in [3.8, 4) is 23.0 Å². The van der Waals surface area contributed by atoms with Crippen LogP contribution in [0.25, 0.3) is 0 Å². The van der Waals surface area contributed by atoms with Crippen LogP contribution >= 0.6 is 0 Å². The number of aliphatic hydroxyl groups excluding tert-OH is 3. The van der Waals surface area contributed by atoms with Gasteiger partial charge in [-0.05, 0) is 0 Å². The average Bonchev–Trinajstić information content (AvgIpc) is 2.51. The van der Waals surface area contributed by atoms with Crippen LogP contribution in [0.1, 0.15) is 11.7 Å². The number of phenols is 2. The van der Waals surface area contributed by atoms with Gasteiger partial charge in [-0.15, -0.1) is 0 Å². The van der Waals surface area contributed by atoms with E-state index < -0.39 is 59.8 Å². The average molecular weight is 315 g/mol. The maximum Gasteiger partial charge on any atom is 0.343 e. The van der Waals surface area contributed by atoms with E-state index in [1.165, 1.54) is 0 Å². The minimum absolute atomic E-state index is 0.388. The largest absolute Gasteiger partial charge is 0.504 e. The normalized spacial score (nSPS) is 22.9. The van der Waals surface area contributed by atoms with E-state index in [9.17, 15) is 35.1 Å². The van der Waals surface area contributed by atoms with E-state index in [0.717, 1.165) is 6.07 Å². The van der Waals surface area contributed by atoms with Crippen molar-refractivity contribution in [2.75, 3.05) is 6.54 Å². The Bertz CT molecular complexity index is 630. The Morgan fingerprint density at radius 3 is 2.23 bits per heavy atom. The first kappa shape index (κ1) is 16.0. The smallest absolute Gasteiger partial charge is 0.343 e. The van der Waals surface area contributed by atoms with Gasteiger partial charge < -0.3 is 40.7 Å². The van der Waals surface area contributed by atoms with E-state index in [1.807, 2.05) is 0 Å². The van der Waals surface area contributed by atoms with E-state index in [4.69, 9.17) is 10.5 Å². The fraction of sp³-hybridized carbons (Fsp3) is 0.333. The summed E-state index contributed by atoms with van der Waals surface area (Å²) in [6, 6.07) is 0.767. The van der Waals surface area contributed by atoms with Gasteiger partial charge in [0.1, 0.15) is 5.75 Å². The minimum atomic E-state index is -2.29. The molecule has 0 saturated heterocycles. The highest BCUT2D eigenvalue weighted by Gasteiger charge is 2.38. The van der Waals surface area contributed by atoms with Gasteiger partial charge in [0.2, 0.25) is 5.75 Å². The fourth-order valence-corrected chi connectivity index (χ4v) is 1.83. The van der Waals surface area contributed by atoms with Crippen LogP contribution in [0.2, 0.25) is 0 Å². The lowest BCUT2D eigenvalue weighted by atomic mass is 10.1. The van der Waals surface area contributed by atoms with Gasteiger partial charge in [-0.25, -0.2) is 9.59 Å². The highest BCUT2D eigenvalue weighted by molar-refractivity contribution is 5.89. The molecule has 1 aromatic carbocycles. The molecule has 1 aromatic rings. The number of aromatic hydroxyl groups is 2. The summed E-state index contributed by atoms with van der Waals surface area (Å²) < 4.78 is 9.39. The molecule has 2 unspecified atom stereocenters. The standard InChI is InChI=1S/C12H13NO9/c13-2-4(15)6-5-1-3(14)7(16)10(6)22-12(20)9(18)8(17)11(19)21-5/h1,4,8-9,14-18H,2,13H2/t4-,8?,9?/m0/s1. The maximum atomic E-state index is 11.7. The fourth-order valence-electron chi connectivity index (χ4n) is 1.83. The van der Waals surface area contributed by atoms with E-state index in [1.54, 1.807) is 0 Å². The molecule has 1 heterocycles. The first-order valence-electron chi connectivity index (χ1n) is 6.04. The van der Waals surface area contributed by atoms with E-state index in [2.05, 4.69) is 4.74 Å². The molecule has 3 atom stereocenters. The summed E-state index contributed by atoms with van der Waals surface area (Å²) >= 11 is 0. The van der Waals surface area contributed by atoms with Crippen molar-refractivity contribution in [1.82, 2.24) is 0 Å². The van der Waals surface area contributed by atoms with Crippen LogP contribution < -0.4 is 15.2 Å². The summed E-state index contributed by atoms with van der Waals surface area (Å²) in [7, 11) is 0. The summed E-state index contributed by atoms with van der Waals surface area (Å²) in [4.78, 5) is 23.3. The number of hydrogen-bond donors (Lipinski definition) is 6. The number of carbonyl (C=O) groups is 2. The monoisotopic (exact) mass is 315 g/mol. The van der Waals surface area contributed by atoms with Gasteiger partial charge in [0.15, 0.2) is 23.7 Å². The number of aliphatic hydroxyl groups is 3. The van der Waals surface area contributed by atoms with Gasteiger partial charge in [0.05, 0.1) is 11.7 Å². The van der Waals surface area contributed by atoms with Crippen molar-refractivity contribution < 1.29 is 44.6 Å². The third kappa shape index (κ3) is 2.55. The van der Waals surface area contributed by atoms with Crippen LogP contribution in [0.4, 0.5) is 0 Å². The molecule has 0 aliphatic carbocycles. The lowest BCUT2D eigenvalue weighted by Gasteiger charge is -2.18. The Morgan fingerprint density at radius 1 is 1.14 bits per heavy atom. The maximum absolute atomic E-state index is 11.7. The second-order valence-electron chi connectivity index (χ2n) is 4.47. The third-order valence-corrected chi connectivity index (χ3v) is 2.99. The molecule has 7 N–H and O–H groups in total. The number of fused-ring (bicyclic) bond motifs is 2. The Balaban J connectivity index is 2.71. The molecule has 0 amide bonds. The van der Waals surface area contributed by atoms with Crippen molar-refractivity contribution in [3.05, 3.63) is 11.6 Å². The van der Waals surface area contributed by atoms with Crippen molar-refractivity contribution >= 4 is 11.9 Å². The second-order valence-corrected chi connectivity index (χ2v) is 4.47. The molecule has 10 nitrogen and oxygen atoms in total. The van der Waals surface area contributed by atoms with Crippen LogP contribution in [0, 0.1) is 0 Å². The SMILES string of the molecule is NC[C@H](O)c1c2cc(O)c(O)c1OC(=O)C(O)C(O)C(=O)O2. The van der Waals surface area contributed by atoms with Crippen LogP contribution in [0.3, 0.4) is 0 Å². The molecule has 0 saturated carbocycles. The van der Waals surface area contributed by atoms with E-state index in [-0.39, 0.29) is 5.56 Å². The molecule has 2 bridgehead atoms. The molecule has 120 valence electrons. The molecule has 1 aliphatic rings. The molecule has 0 fully saturated rings. The van der Waals surface area contributed by atoms with Crippen molar-refractivity contribution in [1.29, 1.82) is 0 Å². The van der Waals surface area contributed by atoms with Crippen LogP contribution in [0.5, 0.6) is 23.0 Å². The lowest BCUT2D eigenvalue weighted by Crippen LogP contribution is -2.43. The number of carbonyl (C=O) groups excluding carboxylic acids is 2. The predicted molar refractivity (Wildman–Crippen MR) is 67.1 cm³/mol. The number of benzene rings is 1. The first-order chi connectivity index (χ1) is 10.3. The first-order valence-corrected chi connectivity index (χ1v) is 6.04. The molecule has 10 heteroatoms. The highest BCUT2D eigenvalue weighted by Crippen LogP contribution is 2.47. The predicted octanol–water partition coefficient (Wildman–Crippen LogP) is -2.36. The molecule has 2 rings (SSSR count). The van der Waals surface area contributed by atoms with E-state index in [0.29, 0.717) is 0 Å². The number of ether oxygens (including phenoxy) is 2. The highest BCUT2D eigenvalue weighted by atomic mass is 16.6. The molecule has 1 aliphatic heterocycles. The Morgan fingerprint density at radius 2 is 1.68 bits per heavy atom. The molecule has 0 aromatic heterocycles. The number of rotatable bonds is 2. The summed E-state index contributed by atoms with van der Waals surface area (Å²) in [5.41, 5.74) is 4.90. The van der Waals surface area contributed by atoms with Crippen LogP contribution in [-0.2, 0) is 9.59 Å². The van der Waals surface area contributed by atoms with Gasteiger partial charge in [0, 0.05) is 12.6 Å². The van der Waals surface area contributed by atoms with Crippen molar-refractivity contribution in [2.24, 2.45) is 5.73 Å². The lowest BCUT2D eigenvalue weighted by molar-refractivity contribution is -0.161. The van der Waals surface area contributed by atoms with Crippen molar-refractivity contribution in [3.63, 3.8) is 0 Å². The molecular formula is C12H13NO9. The number of nitrogens with two attached hydrogens (primary N) is 1. The number of phenolic OH excluding ortho intramolecular Hbond substituents is 2. The summed E-state index contributed by atoms with van der Waals surface area (Å²) in [5.74, 6) is -5.90. The van der Waals surface area contributed by atoms with Gasteiger partial charge >= 0.3 is 11.9 Å². The number of esters is 2. The summed E-state index contributed by atoms with van der Waals surface area (Å²) in [5, 5.41) is 48.2. The quantitative estimate of drug-likeness (QED) is 0.196. The molecule has 0 spiro atoms. The van der Waals surface area contributed by atoms with Gasteiger partial charge in [-0.1, -0.05) is 0 Å². The zero-order chi connectivity index (χ0) is 16.6. The van der Waals surface area contributed by atoms with Crippen LogP contribution in [0.15, 0.2) is 6.07 Å². The van der Waals surface area contributed by atoms with Gasteiger partial charge in [-0.3, -0.25) is 0 Å². The van der Waals surface area contributed by atoms with Crippen molar-refractivity contribution in [2.45, 2.75) is 18.3 Å². The Hall–Kier alpha value is -2.40. The zero-order valence-electron chi connectivity index (χ0n) is 11.0. The Labute approximate surface area is 122 Å². The molecule has 22 heavy (non-hydrogen) atoms. The zero-order valence-corrected chi connectivity index (χ0v) is 11.0. The van der Waals surface area contributed by atoms with Crippen LogP contribution in [-0.4, -0.2) is 56.2 Å². The molecular weight excluding hydrogens is 302 g/mol. The summed E-state index contributed by atoms with van der Waals surface area (Å²) in [6.45, 7) is -0.398. The third-order valence-electron chi connectivity index (χ3n) is 2.99. The minimum Gasteiger partial charge on any atom is -0.504 e. The number of hydrogen-bond acceptors (Lipinski definition) is 10. The second kappa shape index (κ2) is 5.77. The van der Waals surface area contributed by atoms with E-state index >= 15 is 0 Å². The van der Waals surface area contributed by atoms with Gasteiger partial charge in [-0.2, -0.15) is 0 Å².